The van der Waals surface area contributed by atoms with Gasteiger partial charge in [0.25, 0.3) is 11.5 Å². The maximum absolute atomic E-state index is 12.4. The fraction of sp³-hybridized carbons (Fsp3) is 0.188. The zero-order valence-electron chi connectivity index (χ0n) is 12.6. The Balaban J connectivity index is 2.01. The molecule has 112 valence electrons. The third kappa shape index (κ3) is 2.28. The number of aromatic nitrogens is 3. The number of nitrogens with zero attached hydrogens (tertiary/aromatic N) is 2. The topological polar surface area (TPSA) is 79.8 Å². The van der Waals surface area contributed by atoms with Crippen LogP contribution in [0, 0.1) is 13.8 Å². The van der Waals surface area contributed by atoms with Crippen LogP contribution in [0.15, 0.2) is 35.1 Å². The first-order chi connectivity index (χ1) is 10.5. The van der Waals surface area contributed by atoms with Crippen LogP contribution in [0.2, 0.25) is 0 Å². The van der Waals surface area contributed by atoms with E-state index in [-0.39, 0.29) is 17.2 Å². The van der Waals surface area contributed by atoms with Gasteiger partial charge in [-0.3, -0.25) is 14.3 Å². The summed E-state index contributed by atoms with van der Waals surface area (Å²) in [5.74, 6) is -0.359. The largest absolute Gasteiger partial charge is 0.318 e. The van der Waals surface area contributed by atoms with Gasteiger partial charge >= 0.3 is 0 Å². The molecule has 1 amide bonds. The van der Waals surface area contributed by atoms with Crippen molar-refractivity contribution >= 4 is 22.4 Å². The molecule has 2 N–H and O–H groups in total. The van der Waals surface area contributed by atoms with Crippen molar-refractivity contribution in [3.63, 3.8) is 0 Å². The second-order valence-electron chi connectivity index (χ2n) is 5.22. The second-order valence-corrected chi connectivity index (χ2v) is 5.22. The molecule has 0 bridgehead atoms. The zero-order chi connectivity index (χ0) is 15.9. The van der Waals surface area contributed by atoms with Gasteiger partial charge in [0.1, 0.15) is 5.69 Å². The lowest BCUT2D eigenvalue weighted by Gasteiger charge is -2.06. The lowest BCUT2D eigenvalue weighted by Crippen LogP contribution is -2.19. The molecule has 2 aromatic heterocycles. The molecule has 1 aromatic carbocycles. The minimum absolute atomic E-state index is 0.228. The fourth-order valence-corrected chi connectivity index (χ4v) is 2.47. The SMILES string of the molecule is Cc1nn(C)c(C)c1NC(=O)c1cc2ccccc2c(=O)[nH]1. The van der Waals surface area contributed by atoms with Crippen LogP contribution in [-0.2, 0) is 7.05 Å². The number of amides is 1. The summed E-state index contributed by atoms with van der Waals surface area (Å²) in [6.07, 6.45) is 0. The van der Waals surface area contributed by atoms with Crippen molar-refractivity contribution in [2.75, 3.05) is 5.32 Å². The number of benzene rings is 1. The molecule has 0 aliphatic rings. The smallest absolute Gasteiger partial charge is 0.272 e. The van der Waals surface area contributed by atoms with Crippen LogP contribution in [0.4, 0.5) is 5.69 Å². The van der Waals surface area contributed by atoms with Crippen LogP contribution < -0.4 is 10.9 Å². The van der Waals surface area contributed by atoms with E-state index in [2.05, 4.69) is 15.4 Å². The Hall–Kier alpha value is -2.89. The maximum atomic E-state index is 12.4. The van der Waals surface area contributed by atoms with Gasteiger partial charge in [-0.05, 0) is 31.4 Å². The summed E-state index contributed by atoms with van der Waals surface area (Å²) < 4.78 is 1.70. The summed E-state index contributed by atoms with van der Waals surface area (Å²) >= 11 is 0. The first-order valence-electron chi connectivity index (χ1n) is 6.91. The predicted octanol–water partition coefficient (Wildman–Crippen LogP) is 2.13. The molecule has 0 saturated heterocycles. The molecule has 0 saturated carbocycles. The van der Waals surface area contributed by atoms with Crippen molar-refractivity contribution in [2.45, 2.75) is 13.8 Å². The highest BCUT2D eigenvalue weighted by atomic mass is 16.2. The molecule has 0 fully saturated rings. The Morgan fingerprint density at radius 1 is 1.27 bits per heavy atom. The molecule has 0 spiro atoms. The number of aryl methyl sites for hydroxylation is 2. The minimum atomic E-state index is -0.359. The lowest BCUT2D eigenvalue weighted by molar-refractivity contribution is 0.102. The normalized spacial score (nSPS) is 10.9. The number of aromatic amines is 1. The van der Waals surface area contributed by atoms with Gasteiger partial charge in [0.2, 0.25) is 0 Å². The number of rotatable bonds is 2. The third-order valence-corrected chi connectivity index (χ3v) is 3.75. The van der Waals surface area contributed by atoms with E-state index in [0.29, 0.717) is 11.1 Å². The highest BCUT2D eigenvalue weighted by Crippen LogP contribution is 2.19. The van der Waals surface area contributed by atoms with E-state index in [1.165, 1.54) is 0 Å². The molecular formula is C16H16N4O2. The highest BCUT2D eigenvalue weighted by molar-refractivity contribution is 6.05. The van der Waals surface area contributed by atoms with E-state index in [4.69, 9.17) is 0 Å². The number of H-pyrrole nitrogens is 1. The highest BCUT2D eigenvalue weighted by Gasteiger charge is 2.15. The van der Waals surface area contributed by atoms with Crippen molar-refractivity contribution in [2.24, 2.45) is 7.05 Å². The summed E-state index contributed by atoms with van der Waals surface area (Å²) in [4.78, 5) is 27.1. The molecule has 3 aromatic rings. The maximum Gasteiger partial charge on any atom is 0.272 e. The van der Waals surface area contributed by atoms with Gasteiger partial charge in [0.05, 0.1) is 17.1 Å². The Bertz CT molecular complexity index is 937. The molecule has 0 unspecified atom stereocenters. The number of nitrogens with one attached hydrogen (secondary N) is 2. The van der Waals surface area contributed by atoms with Gasteiger partial charge in [0.15, 0.2) is 0 Å². The third-order valence-electron chi connectivity index (χ3n) is 3.75. The van der Waals surface area contributed by atoms with E-state index in [1.54, 1.807) is 22.9 Å². The minimum Gasteiger partial charge on any atom is -0.318 e. The molecule has 6 nitrogen and oxygen atoms in total. The van der Waals surface area contributed by atoms with Gasteiger partial charge < -0.3 is 10.3 Å². The van der Waals surface area contributed by atoms with E-state index in [0.717, 1.165) is 16.8 Å². The molecule has 2 heterocycles. The van der Waals surface area contributed by atoms with Crippen molar-refractivity contribution in [3.05, 3.63) is 57.8 Å². The predicted molar refractivity (Wildman–Crippen MR) is 85.2 cm³/mol. The van der Waals surface area contributed by atoms with Crippen LogP contribution in [-0.4, -0.2) is 20.7 Å². The lowest BCUT2D eigenvalue weighted by atomic mass is 10.1. The first kappa shape index (κ1) is 14.1. The van der Waals surface area contributed by atoms with E-state index in [1.807, 2.05) is 33.0 Å². The van der Waals surface area contributed by atoms with Gasteiger partial charge in [-0.1, -0.05) is 18.2 Å². The number of anilines is 1. The number of hydrogen-bond acceptors (Lipinski definition) is 3. The second kappa shape index (κ2) is 5.14. The monoisotopic (exact) mass is 296 g/mol. The van der Waals surface area contributed by atoms with Crippen LogP contribution >= 0.6 is 0 Å². The number of carbonyl (C=O) groups excluding carboxylic acids is 1. The molecule has 22 heavy (non-hydrogen) atoms. The summed E-state index contributed by atoms with van der Waals surface area (Å²) in [5.41, 5.74) is 2.21. The molecule has 0 radical (unpaired) electrons. The van der Waals surface area contributed by atoms with Gasteiger partial charge in [0, 0.05) is 12.4 Å². The van der Waals surface area contributed by atoms with Crippen LogP contribution in [0.25, 0.3) is 10.8 Å². The Morgan fingerprint density at radius 2 is 2.00 bits per heavy atom. The number of hydrogen-bond donors (Lipinski definition) is 2. The molecule has 6 heteroatoms. The summed E-state index contributed by atoms with van der Waals surface area (Å²) in [5, 5.41) is 8.37. The molecule has 3 rings (SSSR count). The molecule has 0 aliphatic carbocycles. The van der Waals surface area contributed by atoms with Gasteiger partial charge in [-0.15, -0.1) is 0 Å². The van der Waals surface area contributed by atoms with Gasteiger partial charge in [-0.2, -0.15) is 5.10 Å². The Morgan fingerprint density at radius 3 is 2.68 bits per heavy atom. The average molecular weight is 296 g/mol. The number of pyridine rings is 1. The average Bonchev–Trinajstić information content (AvgIpc) is 2.73. The molecule has 0 aliphatic heterocycles. The standard InChI is InChI=1S/C16H16N4O2/c1-9-14(10(2)20(3)19-9)18-16(22)13-8-11-6-4-5-7-12(11)15(21)17-13/h4-8H,1-3H3,(H,17,21)(H,18,22). The van der Waals surface area contributed by atoms with Crippen molar-refractivity contribution in [1.82, 2.24) is 14.8 Å². The van der Waals surface area contributed by atoms with Gasteiger partial charge in [-0.25, -0.2) is 0 Å². The Kier molecular flexibility index (Phi) is 3.29. The zero-order valence-corrected chi connectivity index (χ0v) is 12.6. The summed E-state index contributed by atoms with van der Waals surface area (Å²) in [6.45, 7) is 3.70. The Labute approximate surface area is 126 Å². The first-order valence-corrected chi connectivity index (χ1v) is 6.91. The summed E-state index contributed by atoms with van der Waals surface area (Å²) in [6, 6.07) is 8.83. The van der Waals surface area contributed by atoms with Crippen LogP contribution in [0.3, 0.4) is 0 Å². The van der Waals surface area contributed by atoms with Crippen LogP contribution in [0.1, 0.15) is 21.9 Å². The van der Waals surface area contributed by atoms with Crippen molar-refractivity contribution in [3.8, 4) is 0 Å². The van der Waals surface area contributed by atoms with E-state index >= 15 is 0 Å². The summed E-state index contributed by atoms with van der Waals surface area (Å²) in [7, 11) is 1.82. The molecular weight excluding hydrogens is 280 g/mol. The fourth-order valence-electron chi connectivity index (χ4n) is 2.47. The quantitative estimate of drug-likeness (QED) is 0.760. The number of fused-ring (bicyclic) bond motifs is 1. The van der Waals surface area contributed by atoms with Crippen molar-refractivity contribution in [1.29, 1.82) is 0 Å². The van der Waals surface area contributed by atoms with Crippen LogP contribution in [0.5, 0.6) is 0 Å². The van der Waals surface area contributed by atoms with E-state index in [9.17, 15) is 9.59 Å². The van der Waals surface area contributed by atoms with Crippen molar-refractivity contribution < 1.29 is 4.79 Å². The molecule has 0 atom stereocenters. The van der Waals surface area contributed by atoms with E-state index < -0.39 is 0 Å². The number of carbonyl (C=O) groups is 1.